The van der Waals surface area contributed by atoms with Gasteiger partial charge in [0.05, 0.1) is 5.92 Å². The van der Waals surface area contributed by atoms with E-state index in [-0.39, 0.29) is 24.4 Å². The molecule has 20 heavy (non-hydrogen) atoms. The van der Waals surface area contributed by atoms with E-state index in [0.717, 1.165) is 5.56 Å². The molecule has 110 valence electrons. The van der Waals surface area contributed by atoms with E-state index in [0.29, 0.717) is 6.42 Å². The van der Waals surface area contributed by atoms with Crippen molar-refractivity contribution in [2.24, 2.45) is 11.7 Å². The normalized spacial score (nSPS) is 12.0. The minimum Gasteiger partial charge on any atom is -0.369 e. The van der Waals surface area contributed by atoms with Crippen molar-refractivity contribution < 1.29 is 14.0 Å². The Hall–Kier alpha value is -2.11. The molecule has 0 aliphatic heterocycles. The Morgan fingerprint density at radius 3 is 2.35 bits per heavy atom. The van der Waals surface area contributed by atoms with Gasteiger partial charge in [-0.25, -0.2) is 9.18 Å². The van der Waals surface area contributed by atoms with Crippen LogP contribution in [0.4, 0.5) is 9.18 Å². The summed E-state index contributed by atoms with van der Waals surface area (Å²) in [7, 11) is 0. The molecule has 0 fully saturated rings. The number of urea groups is 1. The molecule has 6 heteroatoms. The highest BCUT2D eigenvalue weighted by Crippen LogP contribution is 2.09. The second-order valence-corrected chi connectivity index (χ2v) is 4.94. The predicted molar refractivity (Wildman–Crippen MR) is 74.5 cm³/mol. The Labute approximate surface area is 117 Å². The molecule has 0 aromatic heterocycles. The minimum atomic E-state index is -0.529. The van der Waals surface area contributed by atoms with Crippen LogP contribution >= 0.6 is 0 Å². The first-order chi connectivity index (χ1) is 9.38. The Balaban J connectivity index is 2.55. The molecule has 0 aliphatic rings. The van der Waals surface area contributed by atoms with Gasteiger partial charge in [-0.3, -0.25) is 4.79 Å². The van der Waals surface area contributed by atoms with Crippen LogP contribution in [0, 0.1) is 11.7 Å². The zero-order chi connectivity index (χ0) is 15.1. The summed E-state index contributed by atoms with van der Waals surface area (Å²) >= 11 is 0. The van der Waals surface area contributed by atoms with E-state index >= 15 is 0 Å². The second-order valence-electron chi connectivity index (χ2n) is 4.94. The molecule has 0 saturated heterocycles. The number of nitrogens with two attached hydrogens (primary N) is 1. The van der Waals surface area contributed by atoms with E-state index in [4.69, 9.17) is 5.73 Å². The van der Waals surface area contributed by atoms with E-state index in [1.54, 1.807) is 12.1 Å². The summed E-state index contributed by atoms with van der Waals surface area (Å²) in [5, 5.41) is 5.26. The number of carbonyl (C=O) groups is 2. The van der Waals surface area contributed by atoms with Gasteiger partial charge in [0.2, 0.25) is 5.91 Å². The summed E-state index contributed by atoms with van der Waals surface area (Å²) in [6.07, 6.45) is 0.359. The van der Waals surface area contributed by atoms with E-state index in [1.165, 1.54) is 12.1 Å². The summed E-state index contributed by atoms with van der Waals surface area (Å²) in [5.41, 5.74) is 6.11. The number of halogens is 1. The molecule has 0 bridgehead atoms. The summed E-state index contributed by atoms with van der Waals surface area (Å²) in [5.74, 6) is -1.36. The van der Waals surface area contributed by atoms with Crippen LogP contribution in [-0.4, -0.2) is 24.5 Å². The first kappa shape index (κ1) is 15.9. The standard InChI is InChI=1S/C14H20FN3O2/c1-9(2)18-14(20)17-8-11(13(16)19)7-10-3-5-12(15)6-4-10/h3-6,9,11H,7-8H2,1-2H3,(H2,16,19)(H2,17,18,20)/t11-/m1/s1. The molecule has 1 rings (SSSR count). The van der Waals surface area contributed by atoms with Gasteiger partial charge >= 0.3 is 6.03 Å². The Morgan fingerprint density at radius 2 is 1.85 bits per heavy atom. The van der Waals surface area contributed by atoms with E-state index in [2.05, 4.69) is 10.6 Å². The fraction of sp³-hybridized carbons (Fsp3) is 0.429. The first-order valence-corrected chi connectivity index (χ1v) is 6.46. The quantitative estimate of drug-likeness (QED) is 0.731. The number of benzene rings is 1. The van der Waals surface area contributed by atoms with Gasteiger partial charge in [-0.2, -0.15) is 0 Å². The third kappa shape index (κ3) is 5.69. The predicted octanol–water partition coefficient (Wildman–Crippen LogP) is 1.18. The zero-order valence-electron chi connectivity index (χ0n) is 11.7. The maximum atomic E-state index is 12.8. The van der Waals surface area contributed by atoms with E-state index < -0.39 is 11.8 Å². The van der Waals surface area contributed by atoms with Crippen molar-refractivity contribution in [1.82, 2.24) is 10.6 Å². The van der Waals surface area contributed by atoms with Crippen LogP contribution < -0.4 is 16.4 Å². The van der Waals surface area contributed by atoms with Crippen LogP contribution in [0.15, 0.2) is 24.3 Å². The highest BCUT2D eigenvalue weighted by Gasteiger charge is 2.17. The SMILES string of the molecule is CC(C)NC(=O)NC[C@@H](Cc1ccc(F)cc1)C(N)=O. The molecule has 1 aromatic carbocycles. The van der Waals surface area contributed by atoms with Gasteiger partial charge < -0.3 is 16.4 Å². The summed E-state index contributed by atoms with van der Waals surface area (Å²) in [6, 6.07) is 5.52. The van der Waals surface area contributed by atoms with Gasteiger partial charge in [0.15, 0.2) is 0 Å². The van der Waals surface area contributed by atoms with E-state index in [1.807, 2.05) is 13.8 Å². The lowest BCUT2D eigenvalue weighted by atomic mass is 9.98. The molecule has 0 radical (unpaired) electrons. The zero-order valence-corrected chi connectivity index (χ0v) is 11.7. The lowest BCUT2D eigenvalue weighted by Gasteiger charge is -2.16. The molecule has 0 saturated carbocycles. The van der Waals surface area contributed by atoms with Gasteiger partial charge in [0.1, 0.15) is 5.82 Å². The maximum Gasteiger partial charge on any atom is 0.315 e. The molecular formula is C14H20FN3O2. The Morgan fingerprint density at radius 1 is 1.25 bits per heavy atom. The fourth-order valence-electron chi connectivity index (χ4n) is 1.71. The molecule has 0 heterocycles. The topological polar surface area (TPSA) is 84.2 Å². The molecule has 0 aliphatic carbocycles. The molecule has 4 N–H and O–H groups in total. The van der Waals surface area contributed by atoms with Gasteiger partial charge in [0, 0.05) is 12.6 Å². The lowest BCUT2D eigenvalue weighted by molar-refractivity contribution is -0.121. The monoisotopic (exact) mass is 281 g/mol. The number of rotatable bonds is 6. The van der Waals surface area contributed by atoms with Crippen LogP contribution in [0.25, 0.3) is 0 Å². The number of nitrogens with one attached hydrogen (secondary N) is 2. The van der Waals surface area contributed by atoms with Crippen molar-refractivity contribution in [2.75, 3.05) is 6.54 Å². The summed E-state index contributed by atoms with van der Waals surface area (Å²) in [6.45, 7) is 3.82. The number of hydrogen-bond donors (Lipinski definition) is 3. The highest BCUT2D eigenvalue weighted by atomic mass is 19.1. The lowest BCUT2D eigenvalue weighted by Crippen LogP contribution is -2.44. The minimum absolute atomic E-state index is 0.0131. The van der Waals surface area contributed by atoms with E-state index in [9.17, 15) is 14.0 Å². The van der Waals surface area contributed by atoms with Gasteiger partial charge in [-0.1, -0.05) is 12.1 Å². The number of primary amides is 1. The van der Waals surface area contributed by atoms with Crippen molar-refractivity contribution in [1.29, 1.82) is 0 Å². The van der Waals surface area contributed by atoms with Crippen LogP contribution in [0.2, 0.25) is 0 Å². The van der Waals surface area contributed by atoms with Crippen LogP contribution in [0.3, 0.4) is 0 Å². The smallest absolute Gasteiger partial charge is 0.315 e. The molecule has 5 nitrogen and oxygen atoms in total. The average molecular weight is 281 g/mol. The third-order valence-electron chi connectivity index (χ3n) is 2.73. The Bertz CT molecular complexity index is 460. The van der Waals surface area contributed by atoms with Crippen molar-refractivity contribution in [3.05, 3.63) is 35.6 Å². The molecule has 0 unspecified atom stereocenters. The van der Waals surface area contributed by atoms with Gasteiger partial charge in [0.25, 0.3) is 0 Å². The highest BCUT2D eigenvalue weighted by molar-refractivity contribution is 5.79. The maximum absolute atomic E-state index is 12.8. The van der Waals surface area contributed by atoms with Crippen LogP contribution in [-0.2, 0) is 11.2 Å². The van der Waals surface area contributed by atoms with Crippen molar-refractivity contribution in [3.8, 4) is 0 Å². The summed E-state index contributed by atoms with van der Waals surface area (Å²) in [4.78, 5) is 22.8. The molecule has 1 aromatic rings. The van der Waals surface area contributed by atoms with Crippen LogP contribution in [0.5, 0.6) is 0 Å². The van der Waals surface area contributed by atoms with Gasteiger partial charge in [-0.05, 0) is 38.0 Å². The molecule has 3 amide bonds. The fourth-order valence-corrected chi connectivity index (χ4v) is 1.71. The van der Waals surface area contributed by atoms with Crippen LogP contribution in [0.1, 0.15) is 19.4 Å². The van der Waals surface area contributed by atoms with Crippen molar-refractivity contribution in [2.45, 2.75) is 26.3 Å². The number of hydrogen-bond acceptors (Lipinski definition) is 2. The van der Waals surface area contributed by atoms with Crippen molar-refractivity contribution in [3.63, 3.8) is 0 Å². The largest absolute Gasteiger partial charge is 0.369 e. The average Bonchev–Trinajstić information content (AvgIpc) is 2.35. The Kier molecular flexibility index (Phi) is 5.96. The number of carbonyl (C=O) groups excluding carboxylic acids is 2. The second kappa shape index (κ2) is 7.47. The molecule has 0 spiro atoms. The number of amides is 3. The third-order valence-corrected chi connectivity index (χ3v) is 2.73. The summed E-state index contributed by atoms with van der Waals surface area (Å²) < 4.78 is 12.8. The molecule has 1 atom stereocenters. The van der Waals surface area contributed by atoms with Gasteiger partial charge in [-0.15, -0.1) is 0 Å². The molecular weight excluding hydrogens is 261 g/mol. The van der Waals surface area contributed by atoms with Crippen molar-refractivity contribution >= 4 is 11.9 Å². The first-order valence-electron chi connectivity index (χ1n) is 6.46.